The molecule has 18 heavy (non-hydrogen) atoms. The highest BCUT2D eigenvalue weighted by Gasteiger charge is 2.35. The predicted octanol–water partition coefficient (Wildman–Crippen LogP) is 1.63. The Morgan fingerprint density at radius 1 is 1.44 bits per heavy atom. The molecule has 0 spiro atoms. The zero-order valence-electron chi connectivity index (χ0n) is 10.4. The Morgan fingerprint density at radius 3 is 2.67 bits per heavy atom. The fraction of sp³-hybridized carbons (Fsp3) is 0.727. The van der Waals surface area contributed by atoms with Crippen molar-refractivity contribution in [3.8, 4) is 0 Å². The summed E-state index contributed by atoms with van der Waals surface area (Å²) in [5.41, 5.74) is 0. The first-order valence-corrected chi connectivity index (χ1v) is 8.08. The van der Waals surface area contributed by atoms with Crippen LogP contribution in [0, 0.1) is 5.92 Å². The number of carboxylic acids is 1. The van der Waals surface area contributed by atoms with Gasteiger partial charge in [-0.3, -0.25) is 9.59 Å². The highest BCUT2D eigenvalue weighted by molar-refractivity contribution is 8.82. The van der Waals surface area contributed by atoms with Crippen LogP contribution in [0.15, 0.2) is 0 Å². The average molecular weight is 291 g/mol. The number of carboxylic acid groups (broad SMARTS) is 1. The summed E-state index contributed by atoms with van der Waals surface area (Å²) in [5.74, 6) is -0.802. The molecule has 0 aromatic carbocycles. The predicted molar refractivity (Wildman–Crippen MR) is 72.3 cm³/mol. The van der Waals surface area contributed by atoms with Gasteiger partial charge in [0, 0.05) is 25.1 Å². The molecule has 0 unspecified atom stereocenters. The summed E-state index contributed by atoms with van der Waals surface area (Å²) in [6.45, 7) is 3.77. The van der Waals surface area contributed by atoms with E-state index >= 15 is 0 Å². The topological polar surface area (TPSA) is 74.7 Å². The molecule has 0 saturated carbocycles. The Morgan fingerprint density at radius 2 is 2.11 bits per heavy atom. The van der Waals surface area contributed by atoms with Gasteiger partial charge < -0.3 is 10.0 Å². The van der Waals surface area contributed by atoms with E-state index in [2.05, 4.69) is 0 Å². The lowest BCUT2D eigenvalue weighted by Crippen LogP contribution is -2.43. The number of hydrogen-bond acceptors (Lipinski definition) is 5. The molecule has 0 aromatic rings. The monoisotopic (exact) mass is 291 g/mol. The molecule has 0 aromatic heterocycles. The molecule has 0 bridgehead atoms. The minimum Gasteiger partial charge on any atom is -0.480 e. The highest BCUT2D eigenvalue weighted by Crippen LogP contribution is 2.27. The van der Waals surface area contributed by atoms with Crippen LogP contribution in [-0.2, 0) is 14.4 Å². The molecule has 0 radical (unpaired) electrons. The molecule has 0 aliphatic carbocycles. The lowest BCUT2D eigenvalue weighted by atomic mass is 10.1. The van der Waals surface area contributed by atoms with Gasteiger partial charge in [-0.15, -0.1) is 0 Å². The van der Waals surface area contributed by atoms with Crippen LogP contribution < -0.4 is 0 Å². The maximum atomic E-state index is 12.1. The molecule has 1 aliphatic heterocycles. The van der Waals surface area contributed by atoms with Gasteiger partial charge in [0.2, 0.25) is 5.91 Å². The first-order valence-electron chi connectivity index (χ1n) is 5.76. The SMILES string of the molecule is CC(=O)SSC[C@@H](C)C(=O)N1CCC[C@H]1C(=O)O. The van der Waals surface area contributed by atoms with Crippen molar-refractivity contribution >= 4 is 38.6 Å². The standard InChI is InChI=1S/C11H17NO4S2/c1-7(6-17-18-8(2)13)10(14)12-5-3-4-9(12)11(15)16/h7,9H,3-6H2,1-2H3,(H,15,16)/t7-,9+/m1/s1. The van der Waals surface area contributed by atoms with Crippen LogP contribution in [-0.4, -0.2) is 45.3 Å². The van der Waals surface area contributed by atoms with E-state index in [0.717, 1.165) is 17.2 Å². The van der Waals surface area contributed by atoms with E-state index < -0.39 is 12.0 Å². The Balaban J connectivity index is 2.47. The third kappa shape index (κ3) is 4.20. The molecule has 2 atom stereocenters. The van der Waals surface area contributed by atoms with Crippen molar-refractivity contribution < 1.29 is 19.5 Å². The number of hydrogen-bond donors (Lipinski definition) is 1. The van der Waals surface area contributed by atoms with E-state index in [1.54, 1.807) is 6.92 Å². The van der Waals surface area contributed by atoms with Crippen LogP contribution >= 0.6 is 21.6 Å². The molecule has 1 saturated heterocycles. The van der Waals surface area contributed by atoms with E-state index in [4.69, 9.17) is 5.11 Å². The minimum absolute atomic E-state index is 0.00392. The van der Waals surface area contributed by atoms with Gasteiger partial charge in [0.1, 0.15) is 6.04 Å². The van der Waals surface area contributed by atoms with Crippen LogP contribution in [0.1, 0.15) is 26.7 Å². The normalized spacial score (nSPS) is 20.8. The molecule has 1 aliphatic rings. The number of rotatable bonds is 5. The Kier molecular flexibility index (Phi) is 6.01. The zero-order chi connectivity index (χ0) is 13.7. The number of likely N-dealkylation sites (tertiary alicyclic amines) is 1. The lowest BCUT2D eigenvalue weighted by molar-refractivity contribution is -0.149. The fourth-order valence-corrected chi connectivity index (χ4v) is 3.76. The van der Waals surface area contributed by atoms with E-state index in [1.807, 2.05) is 0 Å². The van der Waals surface area contributed by atoms with Gasteiger partial charge in [0.05, 0.1) is 0 Å². The second kappa shape index (κ2) is 7.04. The molecular formula is C11H17NO4S2. The third-order valence-corrected chi connectivity index (χ3v) is 5.19. The molecule has 1 amide bonds. The van der Waals surface area contributed by atoms with Crippen LogP contribution in [0.4, 0.5) is 0 Å². The largest absolute Gasteiger partial charge is 0.480 e. The van der Waals surface area contributed by atoms with E-state index in [9.17, 15) is 14.4 Å². The summed E-state index contributed by atoms with van der Waals surface area (Å²) < 4.78 is 0. The van der Waals surface area contributed by atoms with Crippen molar-refractivity contribution in [2.24, 2.45) is 5.92 Å². The summed E-state index contributed by atoms with van der Waals surface area (Å²) in [6.07, 6.45) is 1.27. The molecule has 1 heterocycles. The van der Waals surface area contributed by atoms with Gasteiger partial charge in [0.25, 0.3) is 0 Å². The molecule has 1 rings (SSSR count). The quantitative estimate of drug-likeness (QED) is 0.776. The average Bonchev–Trinajstić information content (AvgIpc) is 2.76. The van der Waals surface area contributed by atoms with Gasteiger partial charge in [-0.05, 0) is 23.6 Å². The second-order valence-corrected chi connectivity index (χ2v) is 6.81. The zero-order valence-corrected chi connectivity index (χ0v) is 12.1. The third-order valence-electron chi connectivity index (χ3n) is 2.74. The van der Waals surface area contributed by atoms with Gasteiger partial charge in [0.15, 0.2) is 5.12 Å². The molecule has 7 heteroatoms. The smallest absolute Gasteiger partial charge is 0.326 e. The highest BCUT2D eigenvalue weighted by atomic mass is 33.1. The first kappa shape index (κ1) is 15.4. The van der Waals surface area contributed by atoms with Crippen molar-refractivity contribution in [1.82, 2.24) is 4.90 Å². The number of nitrogens with zero attached hydrogens (tertiary/aromatic N) is 1. The maximum Gasteiger partial charge on any atom is 0.326 e. The number of carbonyl (C=O) groups is 3. The molecule has 102 valence electrons. The minimum atomic E-state index is -0.932. The van der Waals surface area contributed by atoms with Crippen molar-refractivity contribution in [3.05, 3.63) is 0 Å². The summed E-state index contributed by atoms with van der Waals surface area (Å²) in [4.78, 5) is 35.3. The Bertz CT molecular complexity index is 348. The fourth-order valence-electron chi connectivity index (χ4n) is 1.86. The summed E-state index contributed by atoms with van der Waals surface area (Å²) in [7, 11) is 2.46. The molecular weight excluding hydrogens is 274 g/mol. The molecule has 1 fully saturated rings. The van der Waals surface area contributed by atoms with Crippen molar-refractivity contribution in [3.63, 3.8) is 0 Å². The first-order chi connectivity index (χ1) is 8.43. The van der Waals surface area contributed by atoms with Gasteiger partial charge in [-0.2, -0.15) is 0 Å². The Labute approximate surface area is 114 Å². The molecule has 5 nitrogen and oxygen atoms in total. The van der Waals surface area contributed by atoms with Gasteiger partial charge >= 0.3 is 5.97 Å². The summed E-state index contributed by atoms with van der Waals surface area (Å²) in [5, 5.41) is 9.02. The number of carbonyl (C=O) groups excluding carboxylic acids is 2. The number of amides is 1. The van der Waals surface area contributed by atoms with E-state index in [1.165, 1.54) is 22.6 Å². The van der Waals surface area contributed by atoms with Gasteiger partial charge in [-0.25, -0.2) is 4.79 Å². The summed E-state index contributed by atoms with van der Waals surface area (Å²) in [6, 6.07) is -0.676. The van der Waals surface area contributed by atoms with Crippen LogP contribution in [0.5, 0.6) is 0 Å². The van der Waals surface area contributed by atoms with Crippen LogP contribution in [0.25, 0.3) is 0 Å². The Hall–Kier alpha value is -0.690. The van der Waals surface area contributed by atoms with Crippen LogP contribution in [0.2, 0.25) is 0 Å². The summed E-state index contributed by atoms with van der Waals surface area (Å²) >= 11 is 0. The molecule has 1 N–H and O–H groups in total. The van der Waals surface area contributed by atoms with E-state index in [0.29, 0.717) is 18.7 Å². The van der Waals surface area contributed by atoms with Crippen LogP contribution in [0.3, 0.4) is 0 Å². The van der Waals surface area contributed by atoms with Crippen molar-refractivity contribution in [1.29, 1.82) is 0 Å². The van der Waals surface area contributed by atoms with E-state index in [-0.39, 0.29) is 16.9 Å². The lowest BCUT2D eigenvalue weighted by Gasteiger charge is -2.24. The maximum absolute atomic E-state index is 12.1. The van der Waals surface area contributed by atoms with Crippen molar-refractivity contribution in [2.75, 3.05) is 12.3 Å². The van der Waals surface area contributed by atoms with Gasteiger partial charge in [-0.1, -0.05) is 17.7 Å². The number of aliphatic carboxylic acids is 1. The second-order valence-electron chi connectivity index (χ2n) is 4.29. The van der Waals surface area contributed by atoms with Crippen molar-refractivity contribution in [2.45, 2.75) is 32.7 Å².